The third-order valence-electron chi connectivity index (χ3n) is 3.78. The van der Waals surface area contributed by atoms with E-state index in [9.17, 15) is 4.79 Å². The molecule has 5 heteroatoms. The van der Waals surface area contributed by atoms with Gasteiger partial charge >= 0.3 is 0 Å². The van der Waals surface area contributed by atoms with Gasteiger partial charge in [0.1, 0.15) is 0 Å². The van der Waals surface area contributed by atoms with Crippen LogP contribution in [-0.4, -0.2) is 44.2 Å². The molecule has 1 aliphatic rings. The fourth-order valence-corrected chi connectivity index (χ4v) is 2.68. The lowest BCUT2D eigenvalue weighted by Gasteiger charge is -2.23. The fourth-order valence-electron chi connectivity index (χ4n) is 2.68. The first kappa shape index (κ1) is 14.7. The molecule has 0 aliphatic heterocycles. The maximum atomic E-state index is 12.2. The van der Waals surface area contributed by atoms with Gasteiger partial charge in [-0.15, -0.1) is 0 Å². The van der Waals surface area contributed by atoms with Crippen LogP contribution >= 0.6 is 0 Å². The number of ether oxygens (including phenoxy) is 1. The summed E-state index contributed by atoms with van der Waals surface area (Å²) in [6.07, 6.45) is 3.42. The predicted octanol–water partition coefficient (Wildman–Crippen LogP) is 1.95. The van der Waals surface area contributed by atoms with Crippen molar-refractivity contribution in [1.82, 2.24) is 4.90 Å². The summed E-state index contributed by atoms with van der Waals surface area (Å²) < 4.78 is 5.48. The lowest BCUT2D eigenvalue weighted by atomic mass is 10.1. The number of carbonyl (C=O) groups excluding carboxylic acids is 1. The van der Waals surface area contributed by atoms with E-state index >= 15 is 0 Å². The van der Waals surface area contributed by atoms with Crippen LogP contribution in [0.5, 0.6) is 0 Å². The van der Waals surface area contributed by atoms with E-state index < -0.39 is 0 Å². The van der Waals surface area contributed by atoms with E-state index in [4.69, 9.17) is 10.5 Å². The lowest BCUT2D eigenvalue weighted by molar-refractivity contribution is 0.0827. The van der Waals surface area contributed by atoms with Crippen LogP contribution in [0.25, 0.3) is 0 Å². The molecule has 0 radical (unpaired) electrons. The molecule has 1 aliphatic carbocycles. The third kappa shape index (κ3) is 3.04. The van der Waals surface area contributed by atoms with Crippen molar-refractivity contribution in [2.24, 2.45) is 0 Å². The topological polar surface area (TPSA) is 67.6 Å². The second-order valence-corrected chi connectivity index (χ2v) is 5.46. The SMILES string of the molecule is COC1CCCC1Nc1cc(N)ccc1C(=O)N(C)C. The summed E-state index contributed by atoms with van der Waals surface area (Å²) in [4.78, 5) is 13.8. The highest BCUT2D eigenvalue weighted by molar-refractivity contribution is 6.00. The molecule has 1 amide bonds. The van der Waals surface area contributed by atoms with Gasteiger partial charge in [0, 0.05) is 32.6 Å². The Morgan fingerprint density at radius 2 is 2.15 bits per heavy atom. The Balaban J connectivity index is 2.25. The minimum absolute atomic E-state index is 0.0283. The van der Waals surface area contributed by atoms with Gasteiger partial charge in [-0.25, -0.2) is 0 Å². The van der Waals surface area contributed by atoms with E-state index in [1.807, 2.05) is 6.07 Å². The maximum absolute atomic E-state index is 12.2. The quantitative estimate of drug-likeness (QED) is 0.825. The molecule has 2 unspecified atom stereocenters. The summed E-state index contributed by atoms with van der Waals surface area (Å²) in [7, 11) is 5.22. The van der Waals surface area contributed by atoms with E-state index in [-0.39, 0.29) is 18.1 Å². The first-order valence-electron chi connectivity index (χ1n) is 6.93. The van der Waals surface area contributed by atoms with Crippen molar-refractivity contribution in [3.05, 3.63) is 23.8 Å². The molecule has 3 N–H and O–H groups in total. The molecule has 2 rings (SSSR count). The van der Waals surface area contributed by atoms with Gasteiger partial charge in [-0.2, -0.15) is 0 Å². The number of anilines is 2. The second-order valence-electron chi connectivity index (χ2n) is 5.46. The molecule has 2 atom stereocenters. The Hall–Kier alpha value is -1.75. The largest absolute Gasteiger partial charge is 0.399 e. The van der Waals surface area contributed by atoms with Crippen molar-refractivity contribution in [1.29, 1.82) is 0 Å². The highest BCUT2D eigenvalue weighted by Gasteiger charge is 2.28. The number of nitrogen functional groups attached to an aromatic ring is 1. The molecule has 110 valence electrons. The first-order chi connectivity index (χ1) is 9.52. The number of nitrogens with zero attached hydrogens (tertiary/aromatic N) is 1. The molecule has 0 aromatic heterocycles. The Kier molecular flexibility index (Phi) is 4.49. The van der Waals surface area contributed by atoms with Crippen LogP contribution in [0.4, 0.5) is 11.4 Å². The minimum atomic E-state index is -0.0283. The van der Waals surface area contributed by atoms with Crippen LogP contribution < -0.4 is 11.1 Å². The Morgan fingerprint density at radius 3 is 2.80 bits per heavy atom. The smallest absolute Gasteiger partial charge is 0.255 e. The Bertz CT molecular complexity index is 488. The molecule has 0 bridgehead atoms. The summed E-state index contributed by atoms with van der Waals surface area (Å²) in [5.74, 6) is -0.0283. The summed E-state index contributed by atoms with van der Waals surface area (Å²) >= 11 is 0. The number of nitrogens with two attached hydrogens (primary N) is 1. The van der Waals surface area contributed by atoms with Crippen molar-refractivity contribution >= 4 is 17.3 Å². The van der Waals surface area contributed by atoms with Gasteiger partial charge in [-0.3, -0.25) is 4.79 Å². The van der Waals surface area contributed by atoms with Gasteiger partial charge < -0.3 is 20.7 Å². The zero-order valence-electron chi connectivity index (χ0n) is 12.3. The highest BCUT2D eigenvalue weighted by Crippen LogP contribution is 2.28. The molecule has 0 saturated heterocycles. The van der Waals surface area contributed by atoms with Crippen LogP contribution in [0.3, 0.4) is 0 Å². The Morgan fingerprint density at radius 1 is 1.40 bits per heavy atom. The maximum Gasteiger partial charge on any atom is 0.255 e. The van der Waals surface area contributed by atoms with Gasteiger partial charge in [-0.1, -0.05) is 0 Å². The van der Waals surface area contributed by atoms with Crippen molar-refractivity contribution in [3.63, 3.8) is 0 Å². The molecule has 5 nitrogen and oxygen atoms in total. The van der Waals surface area contributed by atoms with Crippen LogP contribution in [0, 0.1) is 0 Å². The summed E-state index contributed by atoms with van der Waals surface area (Å²) in [5, 5.41) is 3.43. The molecule has 1 aromatic carbocycles. The number of rotatable bonds is 4. The number of hydrogen-bond donors (Lipinski definition) is 2. The summed E-state index contributed by atoms with van der Waals surface area (Å²) in [5.41, 5.74) is 7.93. The summed E-state index contributed by atoms with van der Waals surface area (Å²) in [6, 6.07) is 5.58. The molecule has 20 heavy (non-hydrogen) atoms. The van der Waals surface area contributed by atoms with Gasteiger partial charge in [0.25, 0.3) is 5.91 Å². The monoisotopic (exact) mass is 277 g/mol. The number of hydrogen-bond acceptors (Lipinski definition) is 4. The molecular formula is C15H23N3O2. The van der Waals surface area contributed by atoms with E-state index in [1.54, 1.807) is 38.2 Å². The first-order valence-corrected chi connectivity index (χ1v) is 6.93. The molecule has 1 fully saturated rings. The van der Waals surface area contributed by atoms with Gasteiger partial charge in [-0.05, 0) is 37.5 Å². The van der Waals surface area contributed by atoms with Crippen molar-refractivity contribution in [2.45, 2.75) is 31.4 Å². The summed E-state index contributed by atoms with van der Waals surface area (Å²) in [6.45, 7) is 0. The van der Waals surface area contributed by atoms with Gasteiger partial charge in [0.05, 0.1) is 17.7 Å². The number of amides is 1. The number of carbonyl (C=O) groups is 1. The Labute approximate surface area is 120 Å². The lowest BCUT2D eigenvalue weighted by Crippen LogP contribution is -2.31. The number of benzene rings is 1. The van der Waals surface area contributed by atoms with E-state index in [1.165, 1.54) is 0 Å². The molecule has 0 heterocycles. The van der Waals surface area contributed by atoms with Crippen LogP contribution in [0.15, 0.2) is 18.2 Å². The van der Waals surface area contributed by atoms with E-state index in [0.717, 1.165) is 24.9 Å². The van der Waals surface area contributed by atoms with E-state index in [0.29, 0.717) is 11.3 Å². The van der Waals surface area contributed by atoms with Crippen molar-refractivity contribution in [3.8, 4) is 0 Å². The fraction of sp³-hybridized carbons (Fsp3) is 0.533. The van der Waals surface area contributed by atoms with Crippen molar-refractivity contribution in [2.75, 3.05) is 32.3 Å². The van der Waals surface area contributed by atoms with Crippen LogP contribution in [0.1, 0.15) is 29.6 Å². The zero-order chi connectivity index (χ0) is 14.7. The number of methoxy groups -OCH3 is 1. The van der Waals surface area contributed by atoms with Crippen LogP contribution in [0.2, 0.25) is 0 Å². The standard InChI is InChI=1S/C15H23N3O2/c1-18(2)15(19)11-8-7-10(16)9-13(11)17-12-5-4-6-14(12)20-3/h7-9,12,14,17H,4-6,16H2,1-3H3. The van der Waals surface area contributed by atoms with Gasteiger partial charge in [0.2, 0.25) is 0 Å². The minimum Gasteiger partial charge on any atom is -0.399 e. The average Bonchev–Trinajstić information content (AvgIpc) is 2.85. The van der Waals surface area contributed by atoms with E-state index in [2.05, 4.69) is 5.32 Å². The second kappa shape index (κ2) is 6.13. The zero-order valence-corrected chi connectivity index (χ0v) is 12.3. The number of nitrogens with one attached hydrogen (secondary N) is 1. The van der Waals surface area contributed by atoms with Crippen LogP contribution in [-0.2, 0) is 4.74 Å². The molecule has 1 saturated carbocycles. The third-order valence-corrected chi connectivity index (χ3v) is 3.78. The average molecular weight is 277 g/mol. The van der Waals surface area contributed by atoms with Gasteiger partial charge in [0.15, 0.2) is 0 Å². The predicted molar refractivity (Wildman–Crippen MR) is 80.9 cm³/mol. The molecular weight excluding hydrogens is 254 g/mol. The van der Waals surface area contributed by atoms with Crippen molar-refractivity contribution < 1.29 is 9.53 Å². The molecule has 1 aromatic rings. The normalized spacial score (nSPS) is 21.8. The highest BCUT2D eigenvalue weighted by atomic mass is 16.5. The molecule has 0 spiro atoms.